The third-order valence-corrected chi connectivity index (χ3v) is 7.44. The van der Waals surface area contributed by atoms with Gasteiger partial charge in [0, 0.05) is 24.7 Å². The lowest BCUT2D eigenvalue weighted by Crippen LogP contribution is -2.42. The average molecular weight is 496 g/mol. The van der Waals surface area contributed by atoms with Crippen molar-refractivity contribution in [2.75, 3.05) is 13.1 Å². The van der Waals surface area contributed by atoms with Crippen LogP contribution in [0, 0.1) is 5.82 Å². The molecule has 0 aliphatic rings. The normalized spacial score (nSPS) is 11.7. The summed E-state index contributed by atoms with van der Waals surface area (Å²) < 4.78 is 47.3. The maximum atomic E-state index is 13.7. The monoisotopic (exact) mass is 495 g/mol. The summed E-state index contributed by atoms with van der Waals surface area (Å²) in [4.78, 5) is 19.3. The zero-order chi connectivity index (χ0) is 24.8. The van der Waals surface area contributed by atoms with E-state index in [0.29, 0.717) is 23.1 Å². The van der Waals surface area contributed by atoms with E-state index in [9.17, 15) is 17.6 Å². The Hall–Kier alpha value is -3.56. The smallest absolute Gasteiger partial charge is 0.245 e. The number of aromatic nitrogens is 1. The summed E-state index contributed by atoms with van der Waals surface area (Å²) in [6.07, 6.45) is 3.59. The number of carbonyl (C=O) groups excluding carboxylic acids is 1. The van der Waals surface area contributed by atoms with Gasteiger partial charge in [-0.1, -0.05) is 37.3 Å². The Morgan fingerprint density at radius 3 is 2.49 bits per heavy atom. The first-order valence-electron chi connectivity index (χ1n) is 11.3. The van der Waals surface area contributed by atoms with Gasteiger partial charge in [-0.3, -0.25) is 9.78 Å². The number of para-hydroxylation sites is 1. The fourth-order valence-corrected chi connectivity index (χ4v) is 5.49. The van der Waals surface area contributed by atoms with Crippen molar-refractivity contribution < 1.29 is 22.0 Å². The Kier molecular flexibility index (Phi) is 7.57. The quantitative estimate of drug-likeness (QED) is 0.321. The molecule has 4 rings (SSSR count). The van der Waals surface area contributed by atoms with Gasteiger partial charge in [-0.2, -0.15) is 4.31 Å². The van der Waals surface area contributed by atoms with Gasteiger partial charge in [0.25, 0.3) is 0 Å². The molecule has 2 aromatic carbocycles. The van der Waals surface area contributed by atoms with Crippen LogP contribution in [0.15, 0.2) is 88.5 Å². The fourth-order valence-electron chi connectivity index (χ4n) is 3.84. The molecule has 2 heterocycles. The highest BCUT2D eigenvalue weighted by Gasteiger charge is 2.30. The number of pyridine rings is 1. The molecule has 0 N–H and O–H groups in total. The Balaban J connectivity index is 1.63. The number of amides is 1. The van der Waals surface area contributed by atoms with E-state index in [4.69, 9.17) is 4.42 Å². The van der Waals surface area contributed by atoms with E-state index in [0.717, 1.165) is 5.56 Å². The molecule has 0 bridgehead atoms. The molecule has 182 valence electrons. The minimum absolute atomic E-state index is 0.0629. The lowest BCUT2D eigenvalue weighted by molar-refractivity contribution is -0.133. The van der Waals surface area contributed by atoms with Crippen molar-refractivity contribution in [3.63, 3.8) is 0 Å². The van der Waals surface area contributed by atoms with Gasteiger partial charge in [-0.15, -0.1) is 0 Å². The molecule has 0 fully saturated rings. The van der Waals surface area contributed by atoms with E-state index >= 15 is 0 Å². The van der Waals surface area contributed by atoms with Crippen molar-refractivity contribution in [3.8, 4) is 0 Å². The van der Waals surface area contributed by atoms with Crippen LogP contribution in [0.1, 0.15) is 24.7 Å². The van der Waals surface area contributed by atoms with E-state index in [1.807, 2.05) is 6.92 Å². The third kappa shape index (κ3) is 5.75. The Morgan fingerprint density at radius 2 is 1.77 bits per heavy atom. The molecule has 0 atom stereocenters. The summed E-state index contributed by atoms with van der Waals surface area (Å²) in [6, 6.07) is 17.8. The van der Waals surface area contributed by atoms with E-state index < -0.39 is 15.9 Å². The Labute approximate surface area is 203 Å². The van der Waals surface area contributed by atoms with Crippen LogP contribution in [0.2, 0.25) is 0 Å². The lowest BCUT2D eigenvalue weighted by Gasteiger charge is -2.27. The molecule has 0 aliphatic heterocycles. The minimum atomic E-state index is -4.01. The van der Waals surface area contributed by atoms with Crippen molar-refractivity contribution in [3.05, 3.63) is 96.3 Å². The number of carbonyl (C=O) groups is 1. The zero-order valence-electron chi connectivity index (χ0n) is 19.3. The van der Waals surface area contributed by atoms with Crippen LogP contribution >= 0.6 is 0 Å². The summed E-state index contributed by atoms with van der Waals surface area (Å²) in [5.74, 6) is -0.207. The van der Waals surface area contributed by atoms with Crippen molar-refractivity contribution in [2.24, 2.45) is 0 Å². The number of furan rings is 1. The Bertz CT molecular complexity index is 1380. The summed E-state index contributed by atoms with van der Waals surface area (Å²) in [5, 5.41) is 0.701. The van der Waals surface area contributed by atoms with Gasteiger partial charge in [-0.25, -0.2) is 12.8 Å². The van der Waals surface area contributed by atoms with Crippen molar-refractivity contribution in [1.29, 1.82) is 0 Å². The van der Waals surface area contributed by atoms with E-state index in [1.165, 1.54) is 33.7 Å². The number of hydrogen-bond donors (Lipinski definition) is 0. The number of benzene rings is 2. The molecule has 0 radical (unpaired) electrons. The van der Waals surface area contributed by atoms with Crippen LogP contribution in [0.4, 0.5) is 4.39 Å². The lowest BCUT2D eigenvalue weighted by atomic mass is 10.2. The second-order valence-corrected chi connectivity index (χ2v) is 10.0. The molecule has 4 aromatic rings. The topological polar surface area (TPSA) is 83.7 Å². The number of fused-ring (bicyclic) bond motifs is 1. The van der Waals surface area contributed by atoms with Crippen molar-refractivity contribution in [1.82, 2.24) is 14.2 Å². The summed E-state index contributed by atoms with van der Waals surface area (Å²) in [7, 11) is -4.01. The van der Waals surface area contributed by atoms with Gasteiger partial charge in [0.05, 0.1) is 24.9 Å². The van der Waals surface area contributed by atoms with Gasteiger partial charge in [-0.05, 0) is 48.4 Å². The first-order chi connectivity index (χ1) is 16.9. The van der Waals surface area contributed by atoms with Crippen LogP contribution in [0.25, 0.3) is 10.9 Å². The molecule has 0 aliphatic carbocycles. The van der Waals surface area contributed by atoms with Crippen LogP contribution in [0.5, 0.6) is 0 Å². The highest BCUT2D eigenvalue weighted by molar-refractivity contribution is 7.89. The van der Waals surface area contributed by atoms with Crippen LogP contribution < -0.4 is 0 Å². The number of halogens is 1. The maximum absolute atomic E-state index is 13.7. The molecule has 2 aromatic heterocycles. The van der Waals surface area contributed by atoms with E-state index in [2.05, 4.69) is 4.98 Å². The molecule has 7 nitrogen and oxygen atoms in total. The van der Waals surface area contributed by atoms with Gasteiger partial charge in [0.1, 0.15) is 16.5 Å². The largest absolute Gasteiger partial charge is 0.467 e. The summed E-state index contributed by atoms with van der Waals surface area (Å²) >= 11 is 0. The molecule has 1 amide bonds. The highest BCUT2D eigenvalue weighted by atomic mass is 32.2. The first kappa shape index (κ1) is 24.6. The minimum Gasteiger partial charge on any atom is -0.467 e. The second-order valence-electron chi connectivity index (χ2n) is 8.13. The maximum Gasteiger partial charge on any atom is 0.245 e. The second kappa shape index (κ2) is 10.8. The fraction of sp³-hybridized carbons (Fsp3) is 0.231. The first-order valence-corrected chi connectivity index (χ1v) is 12.7. The molecular formula is C26H26FN3O4S. The molecule has 0 spiro atoms. The van der Waals surface area contributed by atoms with Crippen LogP contribution in [-0.4, -0.2) is 41.6 Å². The van der Waals surface area contributed by atoms with Crippen molar-refractivity contribution >= 4 is 26.8 Å². The Morgan fingerprint density at radius 1 is 1.00 bits per heavy atom. The standard InChI is InChI=1S/C26H26FN3O4S/c1-2-15-30(35(32,33)24-9-3-6-21-7-4-14-28-26(21)24)19-25(31)29(18-23-8-5-16-34-23)17-20-10-12-22(27)13-11-20/h3-14,16H,2,15,17-19H2,1H3. The van der Waals surface area contributed by atoms with Crippen LogP contribution in [-0.2, 0) is 27.9 Å². The average Bonchev–Trinajstić information content (AvgIpc) is 3.37. The van der Waals surface area contributed by atoms with E-state index in [1.54, 1.807) is 54.7 Å². The predicted octanol–water partition coefficient (Wildman–Crippen LogP) is 4.60. The van der Waals surface area contributed by atoms with Gasteiger partial charge < -0.3 is 9.32 Å². The van der Waals surface area contributed by atoms with Crippen LogP contribution in [0.3, 0.4) is 0 Å². The number of nitrogens with zero attached hydrogens (tertiary/aromatic N) is 3. The molecule has 9 heteroatoms. The summed E-state index contributed by atoms with van der Waals surface area (Å²) in [5.41, 5.74) is 1.08. The van der Waals surface area contributed by atoms with Crippen molar-refractivity contribution in [2.45, 2.75) is 31.3 Å². The summed E-state index contributed by atoms with van der Waals surface area (Å²) in [6.45, 7) is 2.01. The third-order valence-electron chi connectivity index (χ3n) is 5.56. The van der Waals surface area contributed by atoms with Gasteiger partial charge in [0.2, 0.25) is 15.9 Å². The number of hydrogen-bond acceptors (Lipinski definition) is 5. The van der Waals surface area contributed by atoms with Gasteiger partial charge in [0.15, 0.2) is 0 Å². The molecule has 35 heavy (non-hydrogen) atoms. The molecule has 0 saturated heterocycles. The zero-order valence-corrected chi connectivity index (χ0v) is 20.1. The molecular weight excluding hydrogens is 469 g/mol. The predicted molar refractivity (Wildman–Crippen MR) is 130 cm³/mol. The molecule has 0 unspecified atom stereocenters. The highest BCUT2D eigenvalue weighted by Crippen LogP contribution is 2.24. The van der Waals surface area contributed by atoms with E-state index in [-0.39, 0.29) is 36.9 Å². The van der Waals surface area contributed by atoms with Gasteiger partial charge >= 0.3 is 0 Å². The number of rotatable bonds is 10. The SMILES string of the molecule is CCCN(CC(=O)N(Cc1ccc(F)cc1)Cc1ccco1)S(=O)(=O)c1cccc2cccnc12. The molecule has 0 saturated carbocycles. The number of sulfonamides is 1.